The van der Waals surface area contributed by atoms with Gasteiger partial charge in [-0.3, -0.25) is 18.1 Å². The number of thioether (sulfide) groups is 1. The van der Waals surface area contributed by atoms with E-state index in [9.17, 15) is 54.4 Å². The Labute approximate surface area is 381 Å². The minimum absolute atomic E-state index is 0.00502. The largest absolute Gasteiger partial charge is 0.505 e. The summed E-state index contributed by atoms with van der Waals surface area (Å²) < 4.78 is 111. The molecule has 0 bridgehead atoms. The van der Waals surface area contributed by atoms with Gasteiger partial charge in [-0.2, -0.15) is 30.5 Å². The van der Waals surface area contributed by atoms with Gasteiger partial charge >= 0.3 is 0 Å². The van der Waals surface area contributed by atoms with Crippen LogP contribution in [0.25, 0.3) is 27.5 Å². The molecule has 0 amide bonds. The van der Waals surface area contributed by atoms with Crippen LogP contribution in [-0.4, -0.2) is 98.5 Å². The van der Waals surface area contributed by atoms with Gasteiger partial charge in [-0.15, -0.1) is 40.9 Å². The van der Waals surface area contributed by atoms with Crippen molar-refractivity contribution in [1.82, 2.24) is 19.6 Å². The van der Waals surface area contributed by atoms with Crippen LogP contribution < -0.4 is 4.74 Å². The third kappa shape index (κ3) is 10.1. The topological polar surface area (TPSA) is 374 Å². The van der Waals surface area contributed by atoms with E-state index in [4.69, 9.17) is 9.84 Å². The highest BCUT2D eigenvalue weighted by atomic mass is 32.2. The number of azo groups is 3. The molecule has 0 atom stereocenters. The molecule has 7 aromatic rings. The van der Waals surface area contributed by atoms with Gasteiger partial charge in [0.05, 0.1) is 35.7 Å². The molecule has 0 aliphatic carbocycles. The van der Waals surface area contributed by atoms with E-state index in [1.54, 1.807) is 31.2 Å². The van der Waals surface area contributed by atoms with E-state index in [0.717, 1.165) is 29.5 Å². The maximum Gasteiger partial charge on any atom is 0.296 e. The van der Waals surface area contributed by atoms with Crippen LogP contribution in [0.1, 0.15) is 23.1 Å². The number of aliphatic hydroxyl groups is 1. The molecule has 7 rings (SSSR count). The number of phenols is 1. The molecule has 0 fully saturated rings. The average molecular weight is 998 g/mol. The first-order valence-electron chi connectivity index (χ1n) is 18.5. The van der Waals surface area contributed by atoms with Crippen molar-refractivity contribution in [3.8, 4) is 23.4 Å². The number of aromatic nitrogens is 4. The summed E-state index contributed by atoms with van der Waals surface area (Å²) in [5, 5.41) is 73.7. The number of nitriles is 1. The number of rotatable bonds is 16. The summed E-state index contributed by atoms with van der Waals surface area (Å²) in [7, 11) is -14.8. The lowest BCUT2D eigenvalue weighted by Gasteiger charge is -2.13. The van der Waals surface area contributed by atoms with Crippen molar-refractivity contribution in [1.29, 1.82) is 5.26 Å². The number of fused-ring (bicyclic) bond motifs is 4. The van der Waals surface area contributed by atoms with Gasteiger partial charge in [0.25, 0.3) is 35.5 Å². The summed E-state index contributed by atoms with van der Waals surface area (Å²) in [5.41, 5.74) is -0.400. The zero-order valence-electron chi connectivity index (χ0n) is 33.7. The lowest BCUT2D eigenvalue weighted by atomic mass is 10.1. The highest BCUT2D eigenvalue weighted by Gasteiger charge is 2.27. The van der Waals surface area contributed by atoms with Crippen molar-refractivity contribution in [2.24, 2.45) is 30.7 Å². The van der Waals surface area contributed by atoms with Crippen molar-refractivity contribution in [3.05, 3.63) is 71.3 Å². The number of pyridine rings is 1. The monoisotopic (exact) mass is 997 g/mol. The number of hydrogen-bond donors (Lipinski definition) is 6. The molecule has 29 heteroatoms. The second-order valence-electron chi connectivity index (χ2n) is 13.7. The number of nitrogens with zero attached hydrogens (tertiary/aromatic N) is 11. The molecule has 0 radical (unpaired) electrons. The number of para-hydroxylation sites is 2. The molecule has 3 aromatic heterocycles. The second kappa shape index (κ2) is 18.7. The molecule has 0 aliphatic rings. The fourth-order valence-electron chi connectivity index (χ4n) is 6.29. The van der Waals surface area contributed by atoms with E-state index in [0.29, 0.717) is 26.7 Å². The fourth-order valence-corrected chi connectivity index (χ4v) is 9.54. The van der Waals surface area contributed by atoms with Crippen molar-refractivity contribution < 1.29 is 59.0 Å². The normalized spacial score (nSPS) is 12.7. The Bertz CT molecular complexity index is 3590. The van der Waals surface area contributed by atoms with Crippen LogP contribution in [0.15, 0.2) is 99.4 Å². The highest BCUT2D eigenvalue weighted by molar-refractivity contribution is 8.01. The van der Waals surface area contributed by atoms with E-state index in [1.165, 1.54) is 35.2 Å². The summed E-state index contributed by atoms with van der Waals surface area (Å²) in [6.07, 6.45) is -0.198. The average Bonchev–Trinajstić information content (AvgIpc) is 3.87. The van der Waals surface area contributed by atoms with Crippen LogP contribution in [0.5, 0.6) is 17.4 Å². The Hall–Kier alpha value is -6.62. The van der Waals surface area contributed by atoms with Crippen LogP contribution in [0.2, 0.25) is 0 Å². The number of benzene rings is 4. The standard InChI is InChI=1S/C37H31N11O13S5/c1-18-12-25(28(61-9-5-11-64(52,53)54)16-24(18)40-45-36-46-47-37(63-36)62-10-8-49)41-44-32-30(66(58,59)60)14-20-13-29(65(55,56)57)26(15-21(20)33(32)50)42-43-31-19(2)22(17-38)34-39-23-6-3-4-7-27(23)48(34)35(31)51/h3-4,6-7,12-16,49-51H,5,8-11H2,1-2H3,(H,52,53,54)(H,55,56,57)(H,58,59,60). The number of aromatic hydroxyl groups is 2. The van der Waals surface area contributed by atoms with Gasteiger partial charge in [0.15, 0.2) is 21.4 Å². The predicted octanol–water partition coefficient (Wildman–Crippen LogP) is 7.87. The Morgan fingerprint density at radius 3 is 2.21 bits per heavy atom. The quantitative estimate of drug-likeness (QED) is 0.0232. The molecule has 0 aliphatic heterocycles. The second-order valence-corrected chi connectivity index (χ2v) is 20.4. The minimum Gasteiger partial charge on any atom is -0.505 e. The number of imidazole rings is 1. The number of phenolic OH excluding ortho intramolecular Hbond substituents is 1. The van der Waals surface area contributed by atoms with E-state index in [1.807, 2.05) is 6.07 Å². The summed E-state index contributed by atoms with van der Waals surface area (Å²) in [4.78, 5) is 2.41. The van der Waals surface area contributed by atoms with Gasteiger partial charge in [0.1, 0.15) is 44.2 Å². The van der Waals surface area contributed by atoms with Gasteiger partial charge in [-0.05, 0) is 67.6 Å². The number of aryl methyl sites for hydroxylation is 1. The van der Waals surface area contributed by atoms with Crippen molar-refractivity contribution in [3.63, 3.8) is 0 Å². The SMILES string of the molecule is Cc1cc(N=Nc2c(S(=O)(=O)O)cc3cc(S(=O)(=O)O)c(N=Nc4c(C)c(C#N)c5nc6ccccc6n5c4O)cc3c2O)c(OCCCS(=O)(=O)O)cc1N=Nc1nnc(SCCO)s1. The van der Waals surface area contributed by atoms with Crippen LogP contribution in [0, 0.1) is 25.2 Å². The highest BCUT2D eigenvalue weighted by Crippen LogP contribution is 2.46. The summed E-state index contributed by atoms with van der Waals surface area (Å²) >= 11 is 2.35. The fraction of sp³-hybridized carbons (Fsp3) is 0.189. The Kier molecular flexibility index (Phi) is 13.4. The van der Waals surface area contributed by atoms with Crippen molar-refractivity contribution in [2.75, 3.05) is 24.7 Å². The zero-order valence-corrected chi connectivity index (χ0v) is 37.8. The molecule has 6 N–H and O–H groups in total. The van der Waals surface area contributed by atoms with Crippen LogP contribution >= 0.6 is 23.1 Å². The van der Waals surface area contributed by atoms with Gasteiger partial charge in [0, 0.05) is 22.8 Å². The molecular formula is C37H31N11O13S5. The van der Waals surface area contributed by atoms with Crippen molar-refractivity contribution in [2.45, 2.75) is 34.4 Å². The van der Waals surface area contributed by atoms with Gasteiger partial charge in [-0.25, -0.2) is 4.98 Å². The number of hydrogen-bond acceptors (Lipinski definition) is 22. The van der Waals surface area contributed by atoms with E-state index in [2.05, 4.69) is 45.9 Å². The number of aliphatic hydroxyl groups excluding tert-OH is 1. The molecule has 24 nitrogen and oxygen atoms in total. The molecule has 0 spiro atoms. The number of ether oxygens (including phenoxy) is 1. The molecule has 66 heavy (non-hydrogen) atoms. The maximum absolute atomic E-state index is 12.8. The lowest BCUT2D eigenvalue weighted by Crippen LogP contribution is -2.08. The van der Waals surface area contributed by atoms with Crippen molar-refractivity contribution >= 4 is 114 Å². The van der Waals surface area contributed by atoms with Crippen LogP contribution in [0.3, 0.4) is 0 Å². The molecule has 0 unspecified atom stereocenters. The van der Waals surface area contributed by atoms with Gasteiger partial charge < -0.3 is 20.1 Å². The molecule has 0 saturated carbocycles. The predicted molar refractivity (Wildman–Crippen MR) is 237 cm³/mol. The molecule has 4 aromatic carbocycles. The molecule has 3 heterocycles. The molecule has 342 valence electrons. The first kappa shape index (κ1) is 47.3. The Morgan fingerprint density at radius 2 is 1.52 bits per heavy atom. The third-order valence-electron chi connectivity index (χ3n) is 9.29. The Morgan fingerprint density at radius 1 is 0.833 bits per heavy atom. The summed E-state index contributed by atoms with van der Waals surface area (Å²) in [5.74, 6) is -1.95. The lowest BCUT2D eigenvalue weighted by molar-refractivity contribution is 0.317. The van der Waals surface area contributed by atoms with E-state index < -0.39 is 68.9 Å². The summed E-state index contributed by atoms with van der Waals surface area (Å²) in [6, 6.07) is 13.7. The minimum atomic E-state index is -5.29. The van der Waals surface area contributed by atoms with Gasteiger partial charge in [-0.1, -0.05) is 35.2 Å². The van der Waals surface area contributed by atoms with Gasteiger partial charge in [0.2, 0.25) is 5.88 Å². The Balaban J connectivity index is 1.34. The molecule has 0 saturated heterocycles. The van der Waals surface area contributed by atoms with E-state index >= 15 is 0 Å². The van der Waals surface area contributed by atoms with Crippen LogP contribution in [0.4, 0.5) is 33.6 Å². The smallest absolute Gasteiger partial charge is 0.296 e. The first-order valence-corrected chi connectivity index (χ1v) is 24.8. The first-order chi connectivity index (χ1) is 31.2. The maximum atomic E-state index is 12.8. The van der Waals surface area contributed by atoms with Crippen LogP contribution in [-0.2, 0) is 30.4 Å². The summed E-state index contributed by atoms with van der Waals surface area (Å²) in [6.45, 7) is 2.62. The molecular weight excluding hydrogens is 967 g/mol. The third-order valence-corrected chi connectivity index (χ3v) is 13.8. The zero-order chi connectivity index (χ0) is 47.7. The van der Waals surface area contributed by atoms with E-state index in [-0.39, 0.29) is 75.1 Å².